The van der Waals surface area contributed by atoms with Gasteiger partial charge in [0.2, 0.25) is 0 Å². The van der Waals surface area contributed by atoms with Crippen molar-refractivity contribution in [1.82, 2.24) is 14.5 Å². The lowest BCUT2D eigenvalue weighted by Crippen LogP contribution is -2.24. The highest BCUT2D eigenvalue weighted by molar-refractivity contribution is 7.10. The predicted molar refractivity (Wildman–Crippen MR) is 47.3 cm³/mol. The van der Waals surface area contributed by atoms with Gasteiger partial charge in [-0.05, 0) is 7.05 Å². The molecular formula is C6H8ClF2N3S. The normalized spacial score (nSPS) is 11.5. The van der Waals surface area contributed by atoms with E-state index in [-0.39, 0.29) is 6.54 Å². The zero-order valence-electron chi connectivity index (χ0n) is 6.88. The van der Waals surface area contributed by atoms with Crippen LogP contribution in [0.4, 0.5) is 8.78 Å². The van der Waals surface area contributed by atoms with Crippen LogP contribution in [0.15, 0.2) is 0 Å². The Labute approximate surface area is 83.5 Å². The first-order chi connectivity index (χ1) is 6.09. The van der Waals surface area contributed by atoms with Crippen LogP contribution < -0.4 is 0 Å². The smallest absolute Gasteiger partial charge is 0.251 e. The molecule has 0 aliphatic rings. The number of alkyl halides is 2. The first-order valence-corrected chi connectivity index (χ1v) is 4.68. The number of hydrogen-bond acceptors (Lipinski definition) is 4. The van der Waals surface area contributed by atoms with Crippen LogP contribution in [0.3, 0.4) is 0 Å². The summed E-state index contributed by atoms with van der Waals surface area (Å²) < 4.78 is 27.9. The summed E-state index contributed by atoms with van der Waals surface area (Å²) in [6.45, 7) is 0.0214. The van der Waals surface area contributed by atoms with Gasteiger partial charge in [0, 0.05) is 18.1 Å². The Balaban J connectivity index is 2.45. The van der Waals surface area contributed by atoms with Crippen molar-refractivity contribution in [2.45, 2.75) is 13.0 Å². The molecule has 1 heterocycles. The lowest BCUT2D eigenvalue weighted by molar-refractivity contribution is 0.0970. The number of aromatic nitrogens is 2. The van der Waals surface area contributed by atoms with E-state index in [1.165, 1.54) is 4.90 Å². The molecule has 1 aromatic rings. The molecule has 13 heavy (non-hydrogen) atoms. The van der Waals surface area contributed by atoms with Crippen molar-refractivity contribution in [2.75, 3.05) is 13.6 Å². The summed E-state index contributed by atoms with van der Waals surface area (Å²) in [5.41, 5.74) is 0.551. The van der Waals surface area contributed by atoms with Gasteiger partial charge in [-0.25, -0.2) is 8.78 Å². The fraction of sp³-hybridized carbons (Fsp3) is 0.667. The highest BCUT2D eigenvalue weighted by Gasteiger charge is 2.12. The van der Waals surface area contributed by atoms with Crippen LogP contribution in [0.1, 0.15) is 5.69 Å². The van der Waals surface area contributed by atoms with Gasteiger partial charge in [-0.1, -0.05) is 16.1 Å². The molecule has 0 unspecified atom stereocenters. The molecule has 7 heteroatoms. The second-order valence-electron chi connectivity index (χ2n) is 2.58. The second kappa shape index (κ2) is 4.78. The van der Waals surface area contributed by atoms with E-state index in [1.807, 2.05) is 0 Å². The Morgan fingerprint density at radius 1 is 1.62 bits per heavy atom. The van der Waals surface area contributed by atoms with Crippen LogP contribution in [0.2, 0.25) is 4.34 Å². The molecule has 1 rings (SSSR count). The van der Waals surface area contributed by atoms with Gasteiger partial charge in [-0.15, -0.1) is 5.10 Å². The third-order valence-corrected chi connectivity index (χ3v) is 2.36. The van der Waals surface area contributed by atoms with Crippen LogP contribution in [0, 0.1) is 0 Å². The monoisotopic (exact) mass is 227 g/mol. The number of nitrogens with zero attached hydrogens (tertiary/aromatic N) is 3. The van der Waals surface area contributed by atoms with Crippen molar-refractivity contribution in [3.63, 3.8) is 0 Å². The molecule has 0 aliphatic heterocycles. The van der Waals surface area contributed by atoms with Crippen LogP contribution in [0.25, 0.3) is 0 Å². The molecule has 0 bridgehead atoms. The lowest BCUT2D eigenvalue weighted by Gasteiger charge is -2.13. The molecule has 0 atom stereocenters. The highest BCUT2D eigenvalue weighted by atomic mass is 35.5. The Morgan fingerprint density at radius 2 is 2.31 bits per heavy atom. The SMILES string of the molecule is CN(Cc1nnsc1Cl)CC(F)F. The minimum atomic E-state index is -2.34. The Kier molecular flexibility index (Phi) is 3.95. The summed E-state index contributed by atoms with van der Waals surface area (Å²) in [5, 5.41) is 3.71. The molecule has 0 N–H and O–H groups in total. The van der Waals surface area contributed by atoms with Crippen LogP contribution in [-0.2, 0) is 6.54 Å². The average Bonchev–Trinajstić information content (AvgIpc) is 2.34. The molecule has 0 aromatic carbocycles. The number of halogens is 3. The Morgan fingerprint density at radius 3 is 2.77 bits per heavy atom. The largest absolute Gasteiger partial charge is 0.295 e. The van der Waals surface area contributed by atoms with Crippen molar-refractivity contribution < 1.29 is 8.78 Å². The summed E-state index contributed by atoms with van der Waals surface area (Å²) >= 11 is 6.76. The minimum Gasteiger partial charge on any atom is -0.295 e. The molecule has 0 amide bonds. The van der Waals surface area contributed by atoms with E-state index in [9.17, 15) is 8.78 Å². The van der Waals surface area contributed by atoms with Crippen molar-refractivity contribution >= 4 is 23.1 Å². The zero-order chi connectivity index (χ0) is 9.84. The minimum absolute atomic E-state index is 0.284. The molecule has 0 fully saturated rings. The first-order valence-electron chi connectivity index (χ1n) is 3.53. The van der Waals surface area contributed by atoms with Crippen LogP contribution >= 0.6 is 23.1 Å². The first kappa shape index (κ1) is 10.7. The topological polar surface area (TPSA) is 29.0 Å². The van der Waals surface area contributed by atoms with Gasteiger partial charge >= 0.3 is 0 Å². The van der Waals surface area contributed by atoms with E-state index in [0.717, 1.165) is 11.5 Å². The second-order valence-corrected chi connectivity index (χ2v) is 3.94. The maximum absolute atomic E-state index is 11.9. The fourth-order valence-electron chi connectivity index (χ4n) is 0.847. The van der Waals surface area contributed by atoms with E-state index in [2.05, 4.69) is 9.59 Å². The predicted octanol–water partition coefficient (Wildman–Crippen LogP) is 1.89. The summed E-state index contributed by atoms with van der Waals surface area (Å²) in [6, 6.07) is 0. The molecule has 0 aliphatic carbocycles. The Bertz CT molecular complexity index is 268. The average molecular weight is 228 g/mol. The van der Waals surface area contributed by atoms with Gasteiger partial charge < -0.3 is 0 Å². The van der Waals surface area contributed by atoms with E-state index in [0.29, 0.717) is 16.6 Å². The highest BCUT2D eigenvalue weighted by Crippen LogP contribution is 2.18. The van der Waals surface area contributed by atoms with Gasteiger partial charge in [0.05, 0.1) is 6.54 Å². The molecule has 0 saturated heterocycles. The standard InChI is InChI=1S/C6H8ClF2N3S/c1-12(3-5(8)9)2-4-6(7)13-11-10-4/h5H,2-3H2,1H3. The molecule has 0 spiro atoms. The van der Waals surface area contributed by atoms with E-state index < -0.39 is 6.43 Å². The fourth-order valence-corrected chi connectivity index (χ4v) is 1.46. The van der Waals surface area contributed by atoms with Crippen LogP contribution in [0.5, 0.6) is 0 Å². The van der Waals surface area contributed by atoms with Crippen molar-refractivity contribution in [3.8, 4) is 0 Å². The maximum atomic E-state index is 11.9. The number of hydrogen-bond donors (Lipinski definition) is 0. The van der Waals surface area contributed by atoms with E-state index >= 15 is 0 Å². The van der Waals surface area contributed by atoms with E-state index in [4.69, 9.17) is 11.6 Å². The summed E-state index contributed by atoms with van der Waals surface area (Å²) in [7, 11) is 1.59. The molecule has 0 saturated carbocycles. The van der Waals surface area contributed by atoms with Gasteiger partial charge in [0.1, 0.15) is 10.0 Å². The van der Waals surface area contributed by atoms with Crippen molar-refractivity contribution in [3.05, 3.63) is 10.0 Å². The third kappa shape index (κ3) is 3.50. The van der Waals surface area contributed by atoms with Gasteiger partial charge in [-0.3, -0.25) is 4.90 Å². The number of rotatable bonds is 4. The quantitative estimate of drug-likeness (QED) is 0.787. The molecular weight excluding hydrogens is 220 g/mol. The van der Waals surface area contributed by atoms with Gasteiger partial charge in [0.15, 0.2) is 0 Å². The van der Waals surface area contributed by atoms with Crippen LogP contribution in [-0.4, -0.2) is 34.5 Å². The summed E-state index contributed by atoms with van der Waals surface area (Å²) in [6.07, 6.45) is -2.34. The molecule has 3 nitrogen and oxygen atoms in total. The summed E-state index contributed by atoms with van der Waals surface area (Å²) in [4.78, 5) is 1.45. The van der Waals surface area contributed by atoms with Gasteiger partial charge in [-0.2, -0.15) is 0 Å². The van der Waals surface area contributed by atoms with Crippen molar-refractivity contribution in [2.24, 2.45) is 0 Å². The van der Waals surface area contributed by atoms with E-state index in [1.54, 1.807) is 7.05 Å². The zero-order valence-corrected chi connectivity index (χ0v) is 8.45. The summed E-state index contributed by atoms with van der Waals surface area (Å²) in [5.74, 6) is 0. The Hall–Kier alpha value is -0.330. The maximum Gasteiger partial charge on any atom is 0.251 e. The molecule has 0 radical (unpaired) electrons. The van der Waals surface area contributed by atoms with Gasteiger partial charge in [0.25, 0.3) is 6.43 Å². The molecule has 74 valence electrons. The van der Waals surface area contributed by atoms with Crippen molar-refractivity contribution in [1.29, 1.82) is 0 Å². The third-order valence-electron chi connectivity index (χ3n) is 1.38. The lowest BCUT2D eigenvalue weighted by atomic mass is 10.4. The molecule has 1 aromatic heterocycles.